The van der Waals surface area contributed by atoms with Gasteiger partial charge in [0.2, 0.25) is 0 Å². The third-order valence-electron chi connectivity index (χ3n) is 4.64. The summed E-state index contributed by atoms with van der Waals surface area (Å²) in [5, 5.41) is 8.85. The van der Waals surface area contributed by atoms with Gasteiger partial charge < -0.3 is 11.0 Å². The third kappa shape index (κ3) is 3.93. The van der Waals surface area contributed by atoms with Crippen molar-refractivity contribution in [1.29, 1.82) is 5.26 Å². The first kappa shape index (κ1) is 17.3. The van der Waals surface area contributed by atoms with E-state index in [-0.39, 0.29) is 16.9 Å². The molecule has 4 N–H and O–H groups in total. The number of alkyl halides is 1. The van der Waals surface area contributed by atoms with Crippen LogP contribution in [0.4, 0.5) is 4.39 Å². The summed E-state index contributed by atoms with van der Waals surface area (Å²) in [4.78, 5) is 0. The average molecular weight is 259 g/mol. The van der Waals surface area contributed by atoms with Crippen molar-refractivity contribution in [2.45, 2.75) is 58.0 Å². The first-order chi connectivity index (χ1) is 7.70. The molecule has 0 aliphatic heterocycles. The molecule has 0 radical (unpaired) electrons. The Labute approximate surface area is 109 Å². The van der Waals surface area contributed by atoms with Gasteiger partial charge in [-0.2, -0.15) is 5.26 Å². The average Bonchev–Trinajstić information content (AvgIpc) is 2.29. The molecule has 0 bridgehead atoms. The molecule has 2 rings (SSSR count). The van der Waals surface area contributed by atoms with Crippen LogP contribution >= 0.6 is 0 Å². The van der Waals surface area contributed by atoms with Crippen molar-refractivity contribution in [2.24, 2.45) is 23.7 Å². The van der Waals surface area contributed by atoms with E-state index in [0.717, 1.165) is 38.5 Å². The summed E-state index contributed by atoms with van der Waals surface area (Å²) in [6, 6.07) is 2.35. The van der Waals surface area contributed by atoms with Gasteiger partial charge >= 0.3 is 0 Å². The Balaban J connectivity index is 0.00000144. The minimum atomic E-state index is -0.576. The van der Waals surface area contributed by atoms with Crippen molar-refractivity contribution in [2.75, 3.05) is 0 Å². The van der Waals surface area contributed by atoms with Crippen LogP contribution in [-0.4, -0.2) is 17.1 Å². The topological polar surface area (TPSA) is 86.8 Å². The number of halogens is 1. The summed E-state index contributed by atoms with van der Waals surface area (Å²) >= 11 is 0. The molecule has 3 unspecified atom stereocenters. The van der Waals surface area contributed by atoms with Crippen molar-refractivity contribution in [1.82, 2.24) is 0 Å². The van der Waals surface area contributed by atoms with Crippen LogP contribution in [-0.2, 0) is 0 Å². The molecule has 2 saturated carbocycles. The summed E-state index contributed by atoms with van der Waals surface area (Å²) in [5.74, 6) is 1.68. The molecule has 0 heterocycles. The fourth-order valence-corrected chi connectivity index (χ4v) is 3.54. The number of hydrogen-bond donors (Lipinski definition) is 0. The smallest absolute Gasteiger partial charge is 0.103 e. The van der Waals surface area contributed by atoms with Crippen LogP contribution in [0.25, 0.3) is 0 Å². The fourth-order valence-electron chi connectivity index (χ4n) is 3.54. The molecule has 2 aliphatic carbocycles. The van der Waals surface area contributed by atoms with Gasteiger partial charge in [0.15, 0.2) is 0 Å². The lowest BCUT2D eigenvalue weighted by Crippen LogP contribution is -2.33. The van der Waals surface area contributed by atoms with Gasteiger partial charge in [-0.3, -0.25) is 0 Å². The van der Waals surface area contributed by atoms with Gasteiger partial charge in [-0.1, -0.05) is 13.3 Å². The van der Waals surface area contributed by atoms with Crippen molar-refractivity contribution in [3.63, 3.8) is 0 Å². The van der Waals surface area contributed by atoms with Gasteiger partial charge in [-0.15, -0.1) is 0 Å². The van der Waals surface area contributed by atoms with Gasteiger partial charge in [0.25, 0.3) is 0 Å². The van der Waals surface area contributed by atoms with Gasteiger partial charge in [0.1, 0.15) is 6.17 Å². The van der Waals surface area contributed by atoms with Crippen LogP contribution in [0, 0.1) is 35.0 Å². The maximum Gasteiger partial charge on any atom is 0.103 e. The molecule has 0 aromatic rings. The summed E-state index contributed by atoms with van der Waals surface area (Å²) in [5.41, 5.74) is 0. The maximum atomic E-state index is 14.0. The zero-order valence-electron chi connectivity index (χ0n) is 11.2. The molecule has 3 atom stereocenters. The molecule has 0 spiro atoms. The maximum absolute atomic E-state index is 14.0. The van der Waals surface area contributed by atoms with Crippen LogP contribution in [0.15, 0.2) is 0 Å². The molecule has 0 amide bonds. The lowest BCUT2D eigenvalue weighted by atomic mass is 9.69. The zero-order chi connectivity index (χ0) is 11.5. The van der Waals surface area contributed by atoms with Gasteiger partial charge in [0, 0.05) is 5.92 Å². The highest BCUT2D eigenvalue weighted by Crippen LogP contribution is 2.42. The van der Waals surface area contributed by atoms with Crippen LogP contribution in [0.5, 0.6) is 0 Å². The van der Waals surface area contributed by atoms with Crippen molar-refractivity contribution in [3.8, 4) is 6.07 Å². The number of hydrogen-bond acceptors (Lipinski definition) is 1. The summed E-state index contributed by atoms with van der Waals surface area (Å²) in [6.07, 6.45) is 6.62. The summed E-state index contributed by atoms with van der Waals surface area (Å²) in [7, 11) is 0. The quantitative estimate of drug-likeness (QED) is 0.711. The standard InChI is InChI=1S/C14H22FN.2H2O/c1-10-2-7-13(14(15)8-10)12-5-3-11(9-16)4-6-12;;/h10-14H,2-8H2,1H3;2*1H2. The van der Waals surface area contributed by atoms with E-state index < -0.39 is 6.17 Å². The minimum Gasteiger partial charge on any atom is -0.412 e. The van der Waals surface area contributed by atoms with E-state index >= 15 is 0 Å². The molecule has 0 aromatic carbocycles. The third-order valence-corrected chi connectivity index (χ3v) is 4.64. The van der Waals surface area contributed by atoms with Gasteiger partial charge in [-0.05, 0) is 56.3 Å². The van der Waals surface area contributed by atoms with E-state index in [0.29, 0.717) is 17.8 Å². The molecular weight excluding hydrogens is 233 g/mol. The predicted molar refractivity (Wildman–Crippen MR) is 69.7 cm³/mol. The van der Waals surface area contributed by atoms with E-state index in [1.807, 2.05) is 0 Å². The lowest BCUT2D eigenvalue weighted by molar-refractivity contribution is 0.0669. The second kappa shape index (κ2) is 7.70. The first-order valence-corrected chi connectivity index (χ1v) is 6.74. The highest BCUT2D eigenvalue weighted by molar-refractivity contribution is 4.91. The predicted octanol–water partition coefficient (Wildman–Crippen LogP) is 2.44. The second-order valence-electron chi connectivity index (χ2n) is 5.84. The molecule has 18 heavy (non-hydrogen) atoms. The lowest BCUT2D eigenvalue weighted by Gasteiger charge is -2.38. The van der Waals surface area contributed by atoms with Crippen molar-refractivity contribution in [3.05, 3.63) is 0 Å². The largest absolute Gasteiger partial charge is 0.412 e. The van der Waals surface area contributed by atoms with E-state index in [2.05, 4.69) is 13.0 Å². The van der Waals surface area contributed by atoms with Crippen molar-refractivity contribution < 1.29 is 15.3 Å². The normalized spacial score (nSPS) is 39.9. The number of rotatable bonds is 1. The van der Waals surface area contributed by atoms with Crippen LogP contribution in [0.2, 0.25) is 0 Å². The highest BCUT2D eigenvalue weighted by atomic mass is 19.1. The van der Waals surface area contributed by atoms with Crippen molar-refractivity contribution >= 4 is 0 Å². The number of nitriles is 1. The Hall–Kier alpha value is -0.660. The molecular formula is C14H26FNO2. The Kier molecular flexibility index (Phi) is 7.42. The summed E-state index contributed by atoms with van der Waals surface area (Å²) < 4.78 is 14.0. The molecule has 0 aromatic heterocycles. The van der Waals surface area contributed by atoms with E-state index in [9.17, 15) is 4.39 Å². The minimum absolute atomic E-state index is 0. The van der Waals surface area contributed by atoms with Gasteiger partial charge in [0.05, 0.1) is 6.07 Å². The van der Waals surface area contributed by atoms with E-state index in [1.54, 1.807) is 0 Å². The van der Waals surface area contributed by atoms with E-state index in [1.165, 1.54) is 6.42 Å². The van der Waals surface area contributed by atoms with Crippen LogP contribution in [0.1, 0.15) is 51.9 Å². The molecule has 2 fully saturated rings. The molecule has 0 saturated heterocycles. The van der Waals surface area contributed by atoms with Crippen LogP contribution in [0.3, 0.4) is 0 Å². The molecule has 4 heteroatoms. The Morgan fingerprint density at radius 2 is 1.61 bits per heavy atom. The molecule has 2 aliphatic rings. The Morgan fingerprint density at radius 1 is 1.00 bits per heavy atom. The van der Waals surface area contributed by atoms with Gasteiger partial charge in [-0.25, -0.2) is 4.39 Å². The van der Waals surface area contributed by atoms with Crippen LogP contribution < -0.4 is 0 Å². The molecule has 106 valence electrons. The highest BCUT2D eigenvalue weighted by Gasteiger charge is 2.36. The number of nitrogens with zero attached hydrogens (tertiary/aromatic N) is 1. The Bertz CT molecular complexity index is 271. The zero-order valence-corrected chi connectivity index (χ0v) is 11.2. The Morgan fingerprint density at radius 3 is 2.11 bits per heavy atom. The fraction of sp³-hybridized carbons (Fsp3) is 0.929. The molecule has 3 nitrogen and oxygen atoms in total. The summed E-state index contributed by atoms with van der Waals surface area (Å²) in [6.45, 7) is 2.16. The monoisotopic (exact) mass is 259 g/mol. The van der Waals surface area contributed by atoms with E-state index in [4.69, 9.17) is 5.26 Å². The second-order valence-corrected chi connectivity index (χ2v) is 5.84. The SMILES string of the molecule is CC1CCC(C2CCC(C#N)CC2)C(F)C1.O.O. The first-order valence-electron chi connectivity index (χ1n) is 6.74.